The van der Waals surface area contributed by atoms with Crippen LogP contribution in [-0.4, -0.2) is 134 Å². The van der Waals surface area contributed by atoms with Crippen molar-refractivity contribution in [1.82, 2.24) is 35.1 Å². The van der Waals surface area contributed by atoms with Crippen LogP contribution in [0.3, 0.4) is 0 Å². The summed E-state index contributed by atoms with van der Waals surface area (Å²) >= 11 is 0.970. The maximum Gasteiger partial charge on any atom is 0.481 e. The molecular formula is C32H46N9O17P3S. The van der Waals surface area contributed by atoms with Gasteiger partial charge in [0.25, 0.3) is 0 Å². The molecule has 1 fully saturated rings. The molecule has 1 aromatic carbocycles. The van der Waals surface area contributed by atoms with Crippen LogP contribution in [0.25, 0.3) is 22.1 Å². The summed E-state index contributed by atoms with van der Waals surface area (Å²) in [5, 5.41) is 27.2. The number of fused-ring (bicyclic) bond motifs is 2. The number of aliphatic hydroxyl groups excluding tert-OH is 2. The molecule has 0 radical (unpaired) electrons. The van der Waals surface area contributed by atoms with Crippen molar-refractivity contribution in [3.05, 3.63) is 48.7 Å². The third-order valence-corrected chi connectivity index (χ3v) is 13.3. The number of nitrogens with zero attached hydrogens (tertiary/aromatic N) is 4. The number of phosphoric ester groups is 3. The van der Waals surface area contributed by atoms with Crippen LogP contribution in [0.15, 0.2) is 43.1 Å². The molecule has 13 N–H and O–H groups in total. The van der Waals surface area contributed by atoms with Gasteiger partial charge in [-0.3, -0.25) is 32.5 Å². The lowest BCUT2D eigenvalue weighted by atomic mass is 9.87. The Hall–Kier alpha value is -3.72. The van der Waals surface area contributed by atoms with Crippen molar-refractivity contribution in [2.45, 2.75) is 63.4 Å². The summed E-state index contributed by atoms with van der Waals surface area (Å²) in [5.74, 6) is -1.27. The highest BCUT2D eigenvalue weighted by molar-refractivity contribution is 8.13. The number of aromatic amines is 1. The Bertz CT molecular complexity index is 2380. The average molecular weight is 954 g/mol. The molecule has 4 heterocycles. The standard InChI is InChI=1S/C32H46N9O17P3S/c1-32(2,26(44)29(45)36-8-7-22(42)35-9-10-62-31(46)19(33)11-17-12-37-20-6-4-3-5-18(17)20)14-55-61(52,53)58-60(50,51)54-13-21-25(57-59(47,48)49)24(43)30(56-21)41-16-40-23-27(34)38-15-39-28(23)41/h3-6,12,15-16,19,21,24-26,30,37,43-44H,7-11,13-14,33H2,1-2H3,(H,35,42)(H,36,45)(H,50,51)(H,52,53)(H2,34,38,39)(H2,47,48,49)/t19-,21+,24+,25+,26?,30+/m0/s1. The molecule has 2 amide bonds. The molecule has 3 unspecified atom stereocenters. The van der Waals surface area contributed by atoms with Gasteiger partial charge in [-0.25, -0.2) is 28.6 Å². The van der Waals surface area contributed by atoms with Gasteiger partial charge in [0.05, 0.1) is 25.6 Å². The minimum atomic E-state index is -5.59. The summed E-state index contributed by atoms with van der Waals surface area (Å²) < 4.78 is 62.3. The maximum atomic E-state index is 12.7. The second-order valence-corrected chi connectivity index (χ2v) is 19.7. The number of rotatable bonds is 22. The van der Waals surface area contributed by atoms with Crippen LogP contribution in [0.2, 0.25) is 0 Å². The molecule has 30 heteroatoms. The van der Waals surface area contributed by atoms with E-state index in [1.807, 2.05) is 30.5 Å². The number of amides is 2. The second-order valence-electron chi connectivity index (χ2n) is 14.4. The number of thioether (sulfide) groups is 1. The molecule has 1 aliphatic heterocycles. The molecule has 8 atom stereocenters. The molecule has 0 bridgehead atoms. The number of benzene rings is 1. The van der Waals surface area contributed by atoms with E-state index in [4.69, 9.17) is 25.3 Å². The van der Waals surface area contributed by atoms with Gasteiger partial charge in [-0.05, 0) is 18.1 Å². The maximum absolute atomic E-state index is 12.7. The SMILES string of the molecule is CC(C)(COP(=O)(O)OP(=O)(O)OC[C@H]1O[C@@H](n2cnc3c(N)ncnc32)[C@H](O)[C@@H]1OP(=O)(O)O)C(O)C(=O)NCCC(=O)NCCSC(=O)[C@@H](N)Cc1c[nH]c2ccccc12. The van der Waals surface area contributed by atoms with E-state index >= 15 is 0 Å². The number of nitrogens with one attached hydrogen (secondary N) is 3. The lowest BCUT2D eigenvalue weighted by Gasteiger charge is -2.30. The fourth-order valence-electron chi connectivity index (χ4n) is 6.01. The Morgan fingerprint density at radius 1 is 1.05 bits per heavy atom. The number of aliphatic hydroxyl groups is 2. The summed E-state index contributed by atoms with van der Waals surface area (Å²) in [6.07, 6.45) is -4.87. The van der Waals surface area contributed by atoms with E-state index in [1.54, 1.807) is 0 Å². The van der Waals surface area contributed by atoms with E-state index in [0.717, 1.165) is 45.5 Å². The van der Waals surface area contributed by atoms with E-state index in [9.17, 15) is 57.9 Å². The number of ether oxygens (including phenoxy) is 1. The van der Waals surface area contributed by atoms with Crippen LogP contribution in [0.1, 0.15) is 32.1 Å². The van der Waals surface area contributed by atoms with Crippen molar-refractivity contribution in [3.63, 3.8) is 0 Å². The first kappa shape index (κ1) is 49.3. The number of hydrogen-bond donors (Lipinski definition) is 11. The summed E-state index contributed by atoms with van der Waals surface area (Å²) in [6, 6.07) is 6.87. The second kappa shape index (κ2) is 20.4. The van der Waals surface area contributed by atoms with Crippen LogP contribution in [-0.2, 0) is 57.1 Å². The van der Waals surface area contributed by atoms with Gasteiger partial charge < -0.3 is 61.6 Å². The van der Waals surface area contributed by atoms with E-state index in [2.05, 4.69) is 39.4 Å². The first-order valence-electron chi connectivity index (χ1n) is 18.3. The number of aromatic nitrogens is 5. The average Bonchev–Trinajstić information content (AvgIpc) is 3.89. The highest BCUT2D eigenvalue weighted by Crippen LogP contribution is 2.61. The first-order valence-corrected chi connectivity index (χ1v) is 23.8. The van der Waals surface area contributed by atoms with Crippen LogP contribution in [0.4, 0.5) is 5.82 Å². The Balaban J connectivity index is 1.02. The Morgan fingerprint density at radius 2 is 1.76 bits per heavy atom. The molecule has 0 aliphatic carbocycles. The van der Waals surface area contributed by atoms with Crippen LogP contribution < -0.4 is 22.1 Å². The number of imidazole rings is 1. The van der Waals surface area contributed by atoms with Gasteiger partial charge in [0.15, 0.2) is 17.7 Å². The summed E-state index contributed by atoms with van der Waals surface area (Å²) in [6.45, 7) is 0.353. The Labute approximate surface area is 355 Å². The van der Waals surface area contributed by atoms with Crippen molar-refractivity contribution in [2.75, 3.05) is 37.8 Å². The summed E-state index contributed by atoms with van der Waals surface area (Å²) in [5.41, 5.74) is 12.2. The normalized spacial score (nSPS) is 21.3. The monoisotopic (exact) mass is 953 g/mol. The minimum absolute atomic E-state index is 0.0259. The topological polar surface area (TPSA) is 405 Å². The number of carbonyl (C=O) groups excluding carboxylic acids is 3. The molecule has 342 valence electrons. The van der Waals surface area contributed by atoms with Gasteiger partial charge in [0, 0.05) is 47.8 Å². The van der Waals surface area contributed by atoms with E-state index in [-0.39, 0.29) is 47.4 Å². The lowest BCUT2D eigenvalue weighted by molar-refractivity contribution is -0.137. The number of H-pyrrole nitrogens is 1. The third-order valence-electron chi connectivity index (χ3n) is 9.16. The molecule has 0 saturated carbocycles. The number of phosphoric acid groups is 3. The van der Waals surface area contributed by atoms with Crippen LogP contribution in [0.5, 0.6) is 0 Å². The summed E-state index contributed by atoms with van der Waals surface area (Å²) in [4.78, 5) is 91.7. The molecule has 1 aliphatic rings. The molecule has 62 heavy (non-hydrogen) atoms. The van der Waals surface area contributed by atoms with Gasteiger partial charge >= 0.3 is 23.5 Å². The molecular weight excluding hydrogens is 907 g/mol. The minimum Gasteiger partial charge on any atom is -0.386 e. The van der Waals surface area contributed by atoms with Gasteiger partial charge in [-0.15, -0.1) is 0 Å². The molecule has 4 aromatic rings. The smallest absolute Gasteiger partial charge is 0.386 e. The van der Waals surface area contributed by atoms with Crippen molar-refractivity contribution in [1.29, 1.82) is 0 Å². The third kappa shape index (κ3) is 13.2. The highest BCUT2D eigenvalue weighted by Gasteiger charge is 2.50. The molecule has 0 spiro atoms. The first-order chi connectivity index (χ1) is 29.0. The van der Waals surface area contributed by atoms with Gasteiger partial charge in [0.2, 0.25) is 16.9 Å². The van der Waals surface area contributed by atoms with Crippen molar-refractivity contribution < 1.29 is 80.5 Å². The predicted octanol–water partition coefficient (Wildman–Crippen LogP) is -0.284. The zero-order valence-corrected chi connectivity index (χ0v) is 36.3. The number of nitrogens with two attached hydrogens (primary N) is 2. The number of hydrogen-bond acceptors (Lipinski definition) is 19. The molecule has 5 rings (SSSR count). The predicted molar refractivity (Wildman–Crippen MR) is 217 cm³/mol. The number of anilines is 1. The van der Waals surface area contributed by atoms with Crippen molar-refractivity contribution in [3.8, 4) is 0 Å². The van der Waals surface area contributed by atoms with E-state index < -0.39 is 90.6 Å². The Kier molecular flexibility index (Phi) is 16.2. The van der Waals surface area contributed by atoms with Gasteiger partial charge in [-0.1, -0.05) is 43.8 Å². The fourth-order valence-corrected chi connectivity index (χ4v) is 9.54. The molecule has 1 saturated heterocycles. The molecule has 3 aromatic heterocycles. The number of para-hydroxylation sites is 1. The number of carbonyl (C=O) groups is 3. The largest absolute Gasteiger partial charge is 0.481 e. The highest BCUT2D eigenvalue weighted by atomic mass is 32.2. The summed E-state index contributed by atoms with van der Waals surface area (Å²) in [7, 11) is -16.4. The van der Waals surface area contributed by atoms with Crippen molar-refractivity contribution in [2.24, 2.45) is 11.1 Å². The fraction of sp³-hybridized carbons (Fsp3) is 0.500. The van der Waals surface area contributed by atoms with Gasteiger partial charge in [0.1, 0.15) is 36.3 Å². The van der Waals surface area contributed by atoms with Crippen LogP contribution in [0, 0.1) is 5.41 Å². The van der Waals surface area contributed by atoms with E-state index in [0.29, 0.717) is 6.42 Å². The number of nitrogen functional groups attached to an aromatic ring is 1. The van der Waals surface area contributed by atoms with E-state index in [1.165, 1.54) is 13.8 Å². The van der Waals surface area contributed by atoms with Gasteiger partial charge in [-0.2, -0.15) is 4.31 Å². The lowest BCUT2D eigenvalue weighted by Crippen LogP contribution is -2.46. The molecule has 26 nitrogen and oxygen atoms in total. The Morgan fingerprint density at radius 3 is 2.48 bits per heavy atom. The quantitative estimate of drug-likeness (QED) is 0.0356. The zero-order chi connectivity index (χ0) is 45.6. The van der Waals surface area contributed by atoms with Crippen LogP contribution >= 0.6 is 35.2 Å². The van der Waals surface area contributed by atoms with Crippen molar-refractivity contribution >= 4 is 80.0 Å². The zero-order valence-electron chi connectivity index (χ0n) is 32.8.